The van der Waals surface area contributed by atoms with E-state index in [1.54, 1.807) is 11.4 Å². The molecule has 0 spiro atoms. The van der Waals surface area contributed by atoms with Crippen LogP contribution in [0.1, 0.15) is 31.1 Å². The second-order valence-corrected chi connectivity index (χ2v) is 6.93. The third-order valence-corrected chi connectivity index (χ3v) is 4.38. The second-order valence-electron chi connectivity index (χ2n) is 4.12. The van der Waals surface area contributed by atoms with Crippen LogP contribution in [0.5, 0.6) is 0 Å². The number of thiophene rings is 1. The number of nitrogens with two attached hydrogens (primary N) is 2. The van der Waals surface area contributed by atoms with Crippen molar-refractivity contribution < 1.29 is 14.4 Å². The topological polar surface area (TPSA) is 115 Å². The summed E-state index contributed by atoms with van der Waals surface area (Å²) < 4.78 is 0.974. The Bertz CT molecular complexity index is 710. The Labute approximate surface area is 137 Å². The fourth-order valence-corrected chi connectivity index (χ4v) is 2.94. The molecule has 2 rings (SSSR count). The van der Waals surface area contributed by atoms with Crippen molar-refractivity contribution in [3.05, 3.63) is 49.2 Å². The number of hydrogen-bond acceptors (Lipinski definition) is 4. The van der Waals surface area contributed by atoms with Crippen LogP contribution in [0.15, 0.2) is 29.6 Å². The highest BCUT2D eigenvalue weighted by Gasteiger charge is 2.12. The van der Waals surface area contributed by atoms with Crippen LogP contribution in [0.3, 0.4) is 0 Å². The van der Waals surface area contributed by atoms with E-state index in [1.165, 1.54) is 29.5 Å². The number of halogens is 1. The third-order valence-electron chi connectivity index (χ3n) is 2.59. The van der Waals surface area contributed by atoms with Gasteiger partial charge in [-0.05, 0) is 46.9 Å². The fourth-order valence-electron chi connectivity index (χ4n) is 1.62. The lowest BCUT2D eigenvalue weighted by molar-refractivity contribution is 0.0994. The summed E-state index contributed by atoms with van der Waals surface area (Å²) in [7, 11) is 0. The normalized spacial score (nSPS) is 10.1. The van der Waals surface area contributed by atoms with E-state index in [-0.39, 0.29) is 22.7 Å². The molecule has 8 heteroatoms. The van der Waals surface area contributed by atoms with Crippen molar-refractivity contribution in [2.24, 2.45) is 11.5 Å². The lowest BCUT2D eigenvalue weighted by Crippen LogP contribution is -2.18. The van der Waals surface area contributed by atoms with Gasteiger partial charge in [0, 0.05) is 22.2 Å². The number of nitrogens with one attached hydrogen (secondary N) is 1. The van der Waals surface area contributed by atoms with E-state index < -0.39 is 11.8 Å². The highest BCUT2D eigenvalue weighted by molar-refractivity contribution is 14.1. The summed E-state index contributed by atoms with van der Waals surface area (Å²) in [5.74, 6) is -1.76. The minimum Gasteiger partial charge on any atom is -0.366 e. The monoisotopic (exact) mass is 415 g/mol. The van der Waals surface area contributed by atoms with Crippen LogP contribution in [-0.2, 0) is 0 Å². The quantitative estimate of drug-likeness (QED) is 0.662. The summed E-state index contributed by atoms with van der Waals surface area (Å²) in [6.45, 7) is 0. The molecule has 0 fully saturated rings. The van der Waals surface area contributed by atoms with Crippen LogP contribution in [0, 0.1) is 2.88 Å². The molecule has 5 N–H and O–H groups in total. The maximum Gasteiger partial charge on any atom is 0.256 e. The average Bonchev–Trinajstić information content (AvgIpc) is 2.85. The first-order valence-electron chi connectivity index (χ1n) is 5.67. The van der Waals surface area contributed by atoms with Gasteiger partial charge in [-0.15, -0.1) is 11.3 Å². The lowest BCUT2D eigenvalue weighted by atomic mass is 10.1. The molecule has 0 aliphatic carbocycles. The van der Waals surface area contributed by atoms with E-state index in [9.17, 15) is 14.4 Å². The molecule has 0 aliphatic heterocycles. The number of hydrogen-bond donors (Lipinski definition) is 3. The maximum absolute atomic E-state index is 12.0. The number of carbonyl (C=O) groups excluding carboxylic acids is 3. The minimum atomic E-state index is -0.710. The highest BCUT2D eigenvalue weighted by Crippen LogP contribution is 2.19. The number of anilines is 1. The lowest BCUT2D eigenvalue weighted by Gasteiger charge is -2.07. The first kappa shape index (κ1) is 15.4. The predicted molar refractivity (Wildman–Crippen MR) is 88.5 cm³/mol. The minimum absolute atomic E-state index is 0.0986. The van der Waals surface area contributed by atoms with Crippen LogP contribution in [0.2, 0.25) is 0 Å². The summed E-state index contributed by atoms with van der Waals surface area (Å²) >= 11 is 3.55. The standard InChI is InChI=1S/C13H10IN3O3S/c14-10-4-8(5-21-10)13(20)17-9-2-6(11(15)18)1-7(3-9)12(16)19/h1-5H,(H2,15,18)(H2,16,19)(H,17,20). The fraction of sp³-hybridized carbons (Fsp3) is 0. The molecule has 0 saturated carbocycles. The zero-order valence-corrected chi connectivity index (χ0v) is 13.5. The van der Waals surface area contributed by atoms with Gasteiger partial charge in [-0.2, -0.15) is 0 Å². The van der Waals surface area contributed by atoms with E-state index in [0.29, 0.717) is 5.56 Å². The number of carbonyl (C=O) groups is 3. The van der Waals surface area contributed by atoms with Gasteiger partial charge in [0.15, 0.2) is 0 Å². The molecule has 2 aromatic rings. The zero-order chi connectivity index (χ0) is 15.6. The van der Waals surface area contributed by atoms with Gasteiger partial charge in [0.2, 0.25) is 11.8 Å². The largest absolute Gasteiger partial charge is 0.366 e. The maximum atomic E-state index is 12.0. The molecule has 3 amide bonds. The molecule has 108 valence electrons. The van der Waals surface area contributed by atoms with Crippen LogP contribution in [0.25, 0.3) is 0 Å². The molecule has 0 radical (unpaired) electrons. The van der Waals surface area contributed by atoms with Gasteiger partial charge in [0.05, 0.1) is 8.45 Å². The molecule has 6 nitrogen and oxygen atoms in total. The van der Waals surface area contributed by atoms with Crippen LogP contribution in [0.4, 0.5) is 5.69 Å². The molecular formula is C13H10IN3O3S. The Morgan fingerprint density at radius 1 is 0.952 bits per heavy atom. The van der Waals surface area contributed by atoms with Gasteiger partial charge in [0.1, 0.15) is 0 Å². The molecule has 0 unspecified atom stereocenters. The first-order valence-corrected chi connectivity index (χ1v) is 7.63. The molecule has 1 heterocycles. The van der Waals surface area contributed by atoms with E-state index >= 15 is 0 Å². The van der Waals surface area contributed by atoms with Gasteiger partial charge < -0.3 is 16.8 Å². The van der Waals surface area contributed by atoms with Crippen molar-refractivity contribution in [1.29, 1.82) is 0 Å². The van der Waals surface area contributed by atoms with Crippen molar-refractivity contribution in [1.82, 2.24) is 0 Å². The molecule has 0 atom stereocenters. The van der Waals surface area contributed by atoms with Gasteiger partial charge in [-0.1, -0.05) is 0 Å². The molecule has 1 aromatic heterocycles. The van der Waals surface area contributed by atoms with Gasteiger partial charge in [-0.3, -0.25) is 14.4 Å². The second kappa shape index (κ2) is 6.22. The predicted octanol–water partition coefficient (Wildman–Crippen LogP) is 1.80. The van der Waals surface area contributed by atoms with Crippen LogP contribution in [-0.4, -0.2) is 17.7 Å². The Kier molecular flexibility index (Phi) is 4.58. The average molecular weight is 415 g/mol. The Morgan fingerprint density at radius 2 is 1.52 bits per heavy atom. The first-order chi connectivity index (χ1) is 9.86. The summed E-state index contributed by atoms with van der Waals surface area (Å²) in [4.78, 5) is 34.5. The third kappa shape index (κ3) is 3.79. The van der Waals surface area contributed by atoms with E-state index in [2.05, 4.69) is 27.9 Å². The number of benzene rings is 1. The zero-order valence-electron chi connectivity index (χ0n) is 10.6. The molecule has 0 aliphatic rings. The molecule has 0 bridgehead atoms. The van der Waals surface area contributed by atoms with Gasteiger partial charge >= 0.3 is 0 Å². The van der Waals surface area contributed by atoms with Gasteiger partial charge in [-0.25, -0.2) is 0 Å². The van der Waals surface area contributed by atoms with Crippen molar-refractivity contribution in [2.75, 3.05) is 5.32 Å². The Balaban J connectivity index is 2.32. The summed E-state index contributed by atoms with van der Waals surface area (Å²) in [6.07, 6.45) is 0. The molecule has 1 aromatic carbocycles. The number of primary amides is 2. The Hall–Kier alpha value is -1.94. The number of rotatable bonds is 4. The highest BCUT2D eigenvalue weighted by atomic mass is 127. The van der Waals surface area contributed by atoms with Crippen molar-refractivity contribution in [3.63, 3.8) is 0 Å². The van der Waals surface area contributed by atoms with Crippen LogP contribution >= 0.6 is 33.9 Å². The summed E-state index contributed by atoms with van der Waals surface area (Å²) in [6, 6.07) is 5.80. The van der Waals surface area contributed by atoms with Gasteiger partial charge in [0.25, 0.3) is 5.91 Å². The van der Waals surface area contributed by atoms with Crippen molar-refractivity contribution >= 4 is 57.3 Å². The Morgan fingerprint density at radius 3 is 1.95 bits per heavy atom. The summed E-state index contributed by atoms with van der Waals surface area (Å²) in [5, 5.41) is 4.32. The summed E-state index contributed by atoms with van der Waals surface area (Å²) in [5.41, 5.74) is 11.4. The SMILES string of the molecule is NC(=O)c1cc(NC(=O)c2csc(I)c2)cc(C(N)=O)c1. The smallest absolute Gasteiger partial charge is 0.256 e. The number of amides is 3. The van der Waals surface area contributed by atoms with Crippen molar-refractivity contribution in [2.45, 2.75) is 0 Å². The molecular weight excluding hydrogens is 405 g/mol. The van der Waals surface area contributed by atoms with Crippen molar-refractivity contribution in [3.8, 4) is 0 Å². The van der Waals surface area contributed by atoms with E-state index in [0.717, 1.165) is 2.88 Å². The van der Waals surface area contributed by atoms with E-state index in [4.69, 9.17) is 11.5 Å². The van der Waals surface area contributed by atoms with Crippen LogP contribution < -0.4 is 16.8 Å². The molecule has 0 saturated heterocycles. The van der Waals surface area contributed by atoms with E-state index in [1.807, 2.05) is 0 Å². The molecule has 21 heavy (non-hydrogen) atoms.